The lowest BCUT2D eigenvalue weighted by atomic mass is 10.0. The SMILES string of the molecule is CN1O[C@@H](C(F)(F)F)[C@H](S(=O)(=O)c2ccccc2)[C@H]1c1ccccc1. The molecule has 1 heterocycles. The minimum atomic E-state index is -4.82. The molecule has 0 unspecified atom stereocenters. The number of halogens is 3. The molecule has 1 aliphatic heterocycles. The molecule has 3 rings (SSSR count). The Morgan fingerprint density at radius 2 is 1.48 bits per heavy atom. The average molecular weight is 371 g/mol. The van der Waals surface area contributed by atoms with E-state index in [1.807, 2.05) is 0 Å². The summed E-state index contributed by atoms with van der Waals surface area (Å²) < 4.78 is 66.5. The van der Waals surface area contributed by atoms with Gasteiger partial charge in [0, 0.05) is 7.05 Å². The molecule has 1 aliphatic rings. The van der Waals surface area contributed by atoms with Gasteiger partial charge in [-0.25, -0.2) is 8.42 Å². The van der Waals surface area contributed by atoms with E-state index in [0.29, 0.717) is 5.56 Å². The third kappa shape index (κ3) is 3.29. The normalized spacial score (nSPS) is 25.2. The van der Waals surface area contributed by atoms with Crippen LogP contribution in [0.15, 0.2) is 65.6 Å². The summed E-state index contributed by atoms with van der Waals surface area (Å²) in [6.45, 7) is 0. The fourth-order valence-electron chi connectivity index (χ4n) is 3.07. The molecule has 0 spiro atoms. The fraction of sp³-hybridized carbons (Fsp3) is 0.294. The topological polar surface area (TPSA) is 46.6 Å². The molecule has 2 aromatic rings. The van der Waals surface area contributed by atoms with Crippen molar-refractivity contribution >= 4 is 9.84 Å². The molecular formula is C17H16F3NO3S. The van der Waals surface area contributed by atoms with Gasteiger partial charge in [0.25, 0.3) is 0 Å². The van der Waals surface area contributed by atoms with Crippen molar-refractivity contribution in [1.29, 1.82) is 0 Å². The highest BCUT2D eigenvalue weighted by Crippen LogP contribution is 2.45. The average Bonchev–Trinajstić information content (AvgIpc) is 2.95. The van der Waals surface area contributed by atoms with Gasteiger partial charge in [0.05, 0.1) is 10.9 Å². The summed E-state index contributed by atoms with van der Waals surface area (Å²) in [7, 11) is -2.97. The van der Waals surface area contributed by atoms with E-state index in [1.54, 1.807) is 36.4 Å². The summed E-state index contributed by atoms with van der Waals surface area (Å²) in [5.74, 6) is 0. The number of alkyl halides is 3. The molecule has 1 fully saturated rings. The van der Waals surface area contributed by atoms with Gasteiger partial charge in [0.15, 0.2) is 15.9 Å². The third-order valence-corrected chi connectivity index (χ3v) is 6.33. The maximum Gasteiger partial charge on any atom is 0.418 e. The second kappa shape index (κ2) is 6.44. The zero-order valence-corrected chi connectivity index (χ0v) is 14.0. The molecule has 2 aromatic carbocycles. The number of benzene rings is 2. The van der Waals surface area contributed by atoms with Gasteiger partial charge in [-0.05, 0) is 17.7 Å². The highest BCUT2D eigenvalue weighted by Gasteiger charge is 2.60. The van der Waals surface area contributed by atoms with Crippen LogP contribution in [0.1, 0.15) is 11.6 Å². The molecule has 0 bridgehead atoms. The molecule has 3 atom stereocenters. The number of hydrogen-bond acceptors (Lipinski definition) is 4. The van der Waals surface area contributed by atoms with Crippen LogP contribution in [0.3, 0.4) is 0 Å². The summed E-state index contributed by atoms with van der Waals surface area (Å²) in [6.07, 6.45) is -7.25. The minimum Gasteiger partial charge on any atom is -0.284 e. The molecule has 0 aliphatic carbocycles. The largest absolute Gasteiger partial charge is 0.418 e. The predicted molar refractivity (Wildman–Crippen MR) is 85.3 cm³/mol. The van der Waals surface area contributed by atoms with Gasteiger partial charge < -0.3 is 0 Å². The number of hydrogen-bond donors (Lipinski definition) is 0. The van der Waals surface area contributed by atoms with Gasteiger partial charge in [0.2, 0.25) is 0 Å². The Bertz CT molecular complexity index is 825. The smallest absolute Gasteiger partial charge is 0.284 e. The highest BCUT2D eigenvalue weighted by molar-refractivity contribution is 7.92. The molecule has 0 N–H and O–H groups in total. The second-order valence-corrected chi connectivity index (χ2v) is 7.90. The van der Waals surface area contributed by atoms with Crippen molar-refractivity contribution in [2.24, 2.45) is 0 Å². The first-order chi connectivity index (χ1) is 11.7. The number of hydroxylamine groups is 2. The Morgan fingerprint density at radius 3 is 2.00 bits per heavy atom. The first-order valence-electron chi connectivity index (χ1n) is 7.53. The molecule has 134 valence electrons. The molecule has 0 amide bonds. The van der Waals surface area contributed by atoms with Gasteiger partial charge in [0.1, 0.15) is 5.25 Å². The molecule has 0 aromatic heterocycles. The molecule has 0 radical (unpaired) electrons. The lowest BCUT2D eigenvalue weighted by molar-refractivity contribution is -0.260. The van der Waals surface area contributed by atoms with Crippen LogP contribution in [-0.2, 0) is 14.7 Å². The van der Waals surface area contributed by atoms with Crippen LogP contribution in [-0.4, -0.2) is 38.1 Å². The molecule has 4 nitrogen and oxygen atoms in total. The van der Waals surface area contributed by atoms with E-state index in [-0.39, 0.29) is 4.90 Å². The van der Waals surface area contributed by atoms with Crippen LogP contribution in [0.4, 0.5) is 13.2 Å². The van der Waals surface area contributed by atoms with Crippen LogP contribution in [0, 0.1) is 0 Å². The zero-order chi connectivity index (χ0) is 18.2. The summed E-state index contributed by atoms with van der Waals surface area (Å²) in [5, 5.41) is -0.819. The van der Waals surface area contributed by atoms with Crippen LogP contribution in [0.25, 0.3) is 0 Å². The first-order valence-corrected chi connectivity index (χ1v) is 9.08. The van der Waals surface area contributed by atoms with Crippen LogP contribution in [0.2, 0.25) is 0 Å². The van der Waals surface area contributed by atoms with Crippen molar-refractivity contribution in [3.05, 3.63) is 66.2 Å². The summed E-state index contributed by atoms with van der Waals surface area (Å²) in [6, 6.07) is 14.3. The van der Waals surface area contributed by atoms with Gasteiger partial charge in [-0.1, -0.05) is 48.5 Å². The van der Waals surface area contributed by atoms with E-state index in [0.717, 1.165) is 5.06 Å². The molecule has 8 heteroatoms. The molecule has 0 saturated carbocycles. The molecular weight excluding hydrogens is 355 g/mol. The van der Waals surface area contributed by atoms with Gasteiger partial charge in [-0.3, -0.25) is 4.84 Å². The Hall–Kier alpha value is -1.90. The fourth-order valence-corrected chi connectivity index (χ4v) is 5.12. The van der Waals surface area contributed by atoms with Crippen LogP contribution < -0.4 is 0 Å². The first kappa shape index (κ1) is 17.9. The lowest BCUT2D eigenvalue weighted by Crippen LogP contribution is -2.43. The monoisotopic (exact) mass is 371 g/mol. The molecule has 25 heavy (non-hydrogen) atoms. The minimum absolute atomic E-state index is 0.158. The van der Waals surface area contributed by atoms with Crippen molar-refractivity contribution in [3.8, 4) is 0 Å². The Morgan fingerprint density at radius 1 is 0.960 bits per heavy atom. The highest BCUT2D eigenvalue weighted by atomic mass is 32.2. The van der Waals surface area contributed by atoms with Crippen molar-refractivity contribution < 1.29 is 26.4 Å². The Balaban J connectivity index is 2.15. The van der Waals surface area contributed by atoms with E-state index in [4.69, 9.17) is 4.84 Å². The third-order valence-electron chi connectivity index (χ3n) is 4.17. The quantitative estimate of drug-likeness (QED) is 0.830. The molecule has 1 saturated heterocycles. The number of nitrogens with zero attached hydrogens (tertiary/aromatic N) is 1. The van der Waals surface area contributed by atoms with Crippen LogP contribution >= 0.6 is 0 Å². The standard InChI is InChI=1S/C17H16F3NO3S/c1-21-14(12-8-4-2-5-9-12)15(16(24-21)17(18,19)20)25(22,23)13-10-6-3-7-11-13/h2-11,14-16H,1H3/t14-,15-,16-/m1/s1. The maximum absolute atomic E-state index is 13.5. The summed E-state index contributed by atoms with van der Waals surface area (Å²) >= 11 is 0. The second-order valence-electron chi connectivity index (χ2n) is 5.79. The zero-order valence-electron chi connectivity index (χ0n) is 13.2. The van der Waals surface area contributed by atoms with Crippen LogP contribution in [0.5, 0.6) is 0 Å². The maximum atomic E-state index is 13.5. The van der Waals surface area contributed by atoms with Crippen molar-refractivity contribution in [1.82, 2.24) is 5.06 Å². The summed E-state index contributed by atoms with van der Waals surface area (Å²) in [4.78, 5) is 4.78. The van der Waals surface area contributed by atoms with Crippen molar-refractivity contribution in [2.75, 3.05) is 7.05 Å². The number of rotatable bonds is 3. The predicted octanol–water partition coefficient (Wildman–Crippen LogP) is 3.38. The van der Waals surface area contributed by atoms with Gasteiger partial charge in [-0.2, -0.15) is 18.2 Å². The number of sulfone groups is 1. The van der Waals surface area contributed by atoms with Crippen molar-refractivity contribution in [2.45, 2.75) is 28.5 Å². The van der Waals surface area contributed by atoms with E-state index >= 15 is 0 Å². The lowest BCUT2D eigenvalue weighted by Gasteiger charge is -2.24. The summed E-state index contributed by atoms with van der Waals surface area (Å²) in [5.41, 5.74) is 0.446. The van der Waals surface area contributed by atoms with Gasteiger partial charge in [-0.15, -0.1) is 0 Å². The van der Waals surface area contributed by atoms with E-state index < -0.39 is 33.4 Å². The Labute approximate surface area is 143 Å². The van der Waals surface area contributed by atoms with Gasteiger partial charge >= 0.3 is 6.18 Å². The van der Waals surface area contributed by atoms with E-state index in [1.165, 1.54) is 31.3 Å². The van der Waals surface area contributed by atoms with E-state index in [9.17, 15) is 21.6 Å². The van der Waals surface area contributed by atoms with Crippen molar-refractivity contribution in [3.63, 3.8) is 0 Å². The van der Waals surface area contributed by atoms with E-state index in [2.05, 4.69) is 0 Å². The Kier molecular flexibility index (Phi) is 4.61.